The molecule has 3 N–H and O–H groups in total. The number of allylic oxidation sites excluding steroid dienone is 2. The van der Waals surface area contributed by atoms with Crippen LogP contribution in [0.1, 0.15) is 37.8 Å². The van der Waals surface area contributed by atoms with Gasteiger partial charge in [-0.05, 0) is 48.3 Å². The van der Waals surface area contributed by atoms with E-state index in [1.54, 1.807) is 56.8 Å². The Morgan fingerprint density at radius 2 is 2.00 bits per heavy atom. The number of nitrogens with zero attached hydrogens (tertiary/aromatic N) is 4. The van der Waals surface area contributed by atoms with E-state index < -0.39 is 23.9 Å². The fourth-order valence-corrected chi connectivity index (χ4v) is 4.35. The average Bonchev–Trinajstić information content (AvgIpc) is 2.93. The van der Waals surface area contributed by atoms with Crippen LogP contribution in [0.2, 0.25) is 0 Å². The first-order valence-corrected chi connectivity index (χ1v) is 12.2. The lowest BCUT2D eigenvalue weighted by Crippen LogP contribution is -2.70. The lowest BCUT2D eigenvalue weighted by atomic mass is 9.81. The molecule has 37 heavy (non-hydrogen) atoms. The van der Waals surface area contributed by atoms with Gasteiger partial charge in [0, 0.05) is 32.2 Å². The van der Waals surface area contributed by atoms with Crippen molar-refractivity contribution in [3.63, 3.8) is 0 Å². The predicted molar refractivity (Wildman–Crippen MR) is 145 cm³/mol. The third-order valence-electron chi connectivity index (χ3n) is 6.43. The lowest BCUT2D eigenvalue weighted by molar-refractivity contribution is -0.156. The van der Waals surface area contributed by atoms with E-state index in [9.17, 15) is 14.4 Å². The summed E-state index contributed by atoms with van der Waals surface area (Å²) in [6, 6.07) is 10.8. The van der Waals surface area contributed by atoms with Crippen LogP contribution in [-0.2, 0) is 9.59 Å². The number of pyridine rings is 1. The first kappa shape index (κ1) is 27.3. The number of aromatic nitrogens is 1. The summed E-state index contributed by atoms with van der Waals surface area (Å²) in [5.41, 5.74) is 7.98. The second-order valence-electron chi connectivity index (χ2n) is 8.85. The summed E-state index contributed by atoms with van der Waals surface area (Å²) in [5, 5.41) is 2.94. The number of β-lactam (4-membered cyclic amide) rings is 1. The summed E-state index contributed by atoms with van der Waals surface area (Å²) < 4.78 is 0. The Balaban J connectivity index is 1.91. The van der Waals surface area contributed by atoms with Gasteiger partial charge in [-0.15, -0.1) is 0 Å². The van der Waals surface area contributed by atoms with Crippen molar-refractivity contribution in [3.05, 3.63) is 84.7 Å². The highest BCUT2D eigenvalue weighted by Gasteiger charge is 2.55. The molecule has 4 amide bonds. The van der Waals surface area contributed by atoms with Gasteiger partial charge in [0.05, 0.1) is 12.0 Å². The molecule has 9 nitrogen and oxygen atoms in total. The molecule has 0 spiro atoms. The van der Waals surface area contributed by atoms with Crippen molar-refractivity contribution in [3.8, 4) is 0 Å². The van der Waals surface area contributed by atoms with E-state index in [1.165, 1.54) is 4.90 Å². The number of anilines is 1. The van der Waals surface area contributed by atoms with Gasteiger partial charge in [0.15, 0.2) is 0 Å². The van der Waals surface area contributed by atoms with Crippen molar-refractivity contribution in [2.75, 3.05) is 19.0 Å². The molecule has 1 saturated heterocycles. The number of carbonyl (C=O) groups excluding carboxylic acids is 3. The summed E-state index contributed by atoms with van der Waals surface area (Å²) >= 11 is 0. The average molecular weight is 503 g/mol. The fraction of sp³-hybridized carbons (Fsp3) is 0.321. The van der Waals surface area contributed by atoms with Crippen LogP contribution in [0.4, 0.5) is 10.5 Å². The molecule has 0 radical (unpaired) electrons. The summed E-state index contributed by atoms with van der Waals surface area (Å²) in [6.07, 6.45) is 8.21. The van der Waals surface area contributed by atoms with Gasteiger partial charge in [-0.3, -0.25) is 24.5 Å². The first-order chi connectivity index (χ1) is 17.8. The SMILES string of the molecule is C=C/C(=C\C(N)=NC)C[C@H]1C(=O)N(C(=O)N[C@H](CCC)c2cccnc2)[C@@H]1C(=O)N(C)c1ccccc1. The maximum absolute atomic E-state index is 13.7. The Hall–Kier alpha value is -4.27. The van der Waals surface area contributed by atoms with E-state index in [0.717, 1.165) is 16.9 Å². The number of carbonyl (C=O) groups is 3. The second kappa shape index (κ2) is 12.6. The van der Waals surface area contributed by atoms with Crippen LogP contribution in [-0.4, -0.2) is 53.7 Å². The van der Waals surface area contributed by atoms with Gasteiger partial charge in [-0.2, -0.15) is 0 Å². The molecule has 2 aromatic rings. The smallest absolute Gasteiger partial charge is 0.325 e. The molecule has 9 heteroatoms. The number of amides is 4. The number of likely N-dealkylation sites (N-methyl/N-ethyl adjacent to an activating group) is 1. The molecule has 3 atom stereocenters. The highest BCUT2D eigenvalue weighted by Crippen LogP contribution is 2.35. The molecule has 1 aliphatic heterocycles. The van der Waals surface area contributed by atoms with Crippen LogP contribution >= 0.6 is 0 Å². The van der Waals surface area contributed by atoms with Crippen molar-refractivity contribution in [2.24, 2.45) is 16.6 Å². The molecule has 3 rings (SSSR count). The number of aliphatic imine (C=N–C) groups is 1. The van der Waals surface area contributed by atoms with E-state index in [2.05, 4.69) is 21.9 Å². The molecule has 1 aliphatic rings. The van der Waals surface area contributed by atoms with Gasteiger partial charge in [0.2, 0.25) is 5.91 Å². The number of nitrogens with two attached hydrogens (primary N) is 1. The number of para-hydroxylation sites is 1. The monoisotopic (exact) mass is 502 g/mol. The van der Waals surface area contributed by atoms with Gasteiger partial charge in [0.25, 0.3) is 5.91 Å². The van der Waals surface area contributed by atoms with Gasteiger partial charge < -0.3 is 16.0 Å². The highest BCUT2D eigenvalue weighted by molar-refractivity contribution is 6.12. The zero-order valence-electron chi connectivity index (χ0n) is 21.5. The number of imide groups is 1. The Bertz CT molecular complexity index is 1180. The van der Waals surface area contributed by atoms with E-state index in [4.69, 9.17) is 5.73 Å². The van der Waals surface area contributed by atoms with Crippen LogP contribution in [0.5, 0.6) is 0 Å². The Labute approximate surface area is 217 Å². The van der Waals surface area contributed by atoms with E-state index in [1.807, 2.05) is 31.2 Å². The molecular formula is C28H34N6O3. The number of benzene rings is 1. The molecule has 1 aromatic carbocycles. The van der Waals surface area contributed by atoms with Crippen LogP contribution in [0.15, 0.2) is 84.2 Å². The van der Waals surface area contributed by atoms with Crippen molar-refractivity contribution < 1.29 is 14.4 Å². The van der Waals surface area contributed by atoms with Crippen molar-refractivity contribution in [2.45, 2.75) is 38.3 Å². The van der Waals surface area contributed by atoms with Crippen molar-refractivity contribution in [1.29, 1.82) is 0 Å². The maximum atomic E-state index is 13.7. The number of hydrogen-bond acceptors (Lipinski definition) is 5. The van der Waals surface area contributed by atoms with Crippen molar-refractivity contribution >= 4 is 29.4 Å². The quantitative estimate of drug-likeness (QED) is 0.223. The third kappa shape index (κ3) is 6.30. The van der Waals surface area contributed by atoms with Gasteiger partial charge >= 0.3 is 6.03 Å². The van der Waals surface area contributed by atoms with Crippen LogP contribution in [0.25, 0.3) is 0 Å². The summed E-state index contributed by atoms with van der Waals surface area (Å²) in [4.78, 5) is 51.0. The minimum absolute atomic E-state index is 0.197. The summed E-state index contributed by atoms with van der Waals surface area (Å²) in [6.45, 7) is 5.81. The van der Waals surface area contributed by atoms with Crippen LogP contribution in [0, 0.1) is 5.92 Å². The molecule has 1 aromatic heterocycles. The van der Waals surface area contributed by atoms with E-state index in [0.29, 0.717) is 17.7 Å². The number of likely N-dealkylation sites (tertiary alicyclic amines) is 1. The van der Waals surface area contributed by atoms with E-state index >= 15 is 0 Å². The molecular weight excluding hydrogens is 468 g/mol. The molecule has 1 fully saturated rings. The highest BCUT2D eigenvalue weighted by atomic mass is 16.2. The molecule has 0 bridgehead atoms. The third-order valence-corrected chi connectivity index (χ3v) is 6.43. The molecule has 2 heterocycles. The first-order valence-electron chi connectivity index (χ1n) is 12.2. The number of hydrogen-bond donors (Lipinski definition) is 2. The lowest BCUT2D eigenvalue weighted by Gasteiger charge is -2.46. The maximum Gasteiger partial charge on any atom is 0.325 e. The molecule has 0 unspecified atom stereocenters. The zero-order chi connectivity index (χ0) is 26.9. The standard InChI is InChI=1S/C28H34N6O3/c1-5-11-23(20-12-10-15-31-18-20)32-28(37)34-25(27(36)33(4)21-13-8-7-9-14-21)22(26(34)35)16-19(6-2)17-24(29)30-3/h6-10,12-15,17-18,22-23,25H,2,5,11,16H2,1,3-4H3,(H2,29,30)(H,32,37)/b19-17+/t22-,23-,25+/m1/s1. The Morgan fingerprint density at radius 3 is 2.59 bits per heavy atom. The van der Waals surface area contributed by atoms with Gasteiger partial charge in [-0.25, -0.2) is 4.79 Å². The van der Waals surface area contributed by atoms with Gasteiger partial charge in [0.1, 0.15) is 11.9 Å². The van der Waals surface area contributed by atoms with Crippen LogP contribution < -0.4 is 16.0 Å². The number of urea groups is 1. The predicted octanol–water partition coefficient (Wildman–Crippen LogP) is 3.61. The Morgan fingerprint density at radius 1 is 1.27 bits per heavy atom. The number of rotatable bonds is 10. The zero-order valence-corrected chi connectivity index (χ0v) is 21.5. The fourth-order valence-electron chi connectivity index (χ4n) is 4.35. The normalized spacial score (nSPS) is 18.6. The second-order valence-corrected chi connectivity index (χ2v) is 8.85. The van der Waals surface area contributed by atoms with Crippen molar-refractivity contribution in [1.82, 2.24) is 15.2 Å². The Kier molecular flexibility index (Phi) is 9.32. The number of nitrogens with one attached hydrogen (secondary N) is 1. The van der Waals surface area contributed by atoms with E-state index in [-0.39, 0.29) is 24.2 Å². The minimum atomic E-state index is -0.989. The topological polar surface area (TPSA) is 121 Å². The number of amidine groups is 1. The van der Waals surface area contributed by atoms with Crippen LogP contribution in [0.3, 0.4) is 0 Å². The van der Waals surface area contributed by atoms with Gasteiger partial charge in [-0.1, -0.05) is 50.3 Å². The molecule has 194 valence electrons. The summed E-state index contributed by atoms with van der Waals surface area (Å²) in [7, 11) is 3.19. The summed E-state index contributed by atoms with van der Waals surface area (Å²) in [5.74, 6) is -1.26. The molecule has 0 aliphatic carbocycles. The molecule has 0 saturated carbocycles. The minimum Gasteiger partial charge on any atom is -0.384 e. The largest absolute Gasteiger partial charge is 0.384 e.